The van der Waals surface area contributed by atoms with Crippen LogP contribution in [0.25, 0.3) is 0 Å². The summed E-state index contributed by atoms with van der Waals surface area (Å²) in [5.74, 6) is -0.817. The Bertz CT molecular complexity index is 930. The van der Waals surface area contributed by atoms with Gasteiger partial charge in [-0.15, -0.1) is 11.3 Å². The molecule has 4 atom stereocenters. The fraction of sp³-hybridized carbons (Fsp3) is 0.294. The van der Waals surface area contributed by atoms with E-state index >= 15 is 0 Å². The largest absolute Gasteiger partial charge is 0.354 e. The van der Waals surface area contributed by atoms with Gasteiger partial charge in [-0.1, -0.05) is 29.3 Å². The lowest BCUT2D eigenvalue weighted by Gasteiger charge is -2.31. The van der Waals surface area contributed by atoms with Crippen molar-refractivity contribution in [1.29, 1.82) is 0 Å². The summed E-state index contributed by atoms with van der Waals surface area (Å²) in [5, 5.41) is 12.3. The van der Waals surface area contributed by atoms with Crippen LogP contribution in [0.3, 0.4) is 0 Å². The fourth-order valence-electron chi connectivity index (χ4n) is 4.45. The van der Waals surface area contributed by atoms with Gasteiger partial charge in [-0.3, -0.25) is 14.9 Å². The van der Waals surface area contributed by atoms with Crippen molar-refractivity contribution in [2.45, 2.75) is 17.5 Å². The fourth-order valence-corrected chi connectivity index (χ4v) is 5.92. The highest BCUT2D eigenvalue weighted by Gasteiger charge is 2.65. The minimum absolute atomic E-state index is 0.0286. The minimum Gasteiger partial charge on any atom is -0.354 e. The molecule has 4 heterocycles. The number of hydrogen-bond acceptors (Lipinski definition) is 4. The summed E-state index contributed by atoms with van der Waals surface area (Å²) in [6.07, 6.45) is 0. The summed E-state index contributed by atoms with van der Waals surface area (Å²) >= 11 is 13.7. The van der Waals surface area contributed by atoms with Crippen LogP contribution in [0.4, 0.5) is 5.69 Å². The van der Waals surface area contributed by atoms with Crippen LogP contribution in [-0.2, 0) is 15.1 Å². The zero-order chi connectivity index (χ0) is 17.3. The molecule has 0 aliphatic carbocycles. The van der Waals surface area contributed by atoms with Gasteiger partial charge in [0.05, 0.1) is 10.9 Å². The van der Waals surface area contributed by atoms with E-state index in [4.69, 9.17) is 23.2 Å². The number of fused-ring (bicyclic) bond motifs is 3. The number of nitrogens with one attached hydrogen (secondary N) is 3. The number of amides is 2. The molecule has 0 saturated carbocycles. The van der Waals surface area contributed by atoms with Gasteiger partial charge in [-0.25, -0.2) is 0 Å². The molecule has 3 N–H and O–H groups in total. The Morgan fingerprint density at radius 2 is 2.00 bits per heavy atom. The number of halogens is 2. The van der Waals surface area contributed by atoms with Crippen molar-refractivity contribution in [3.8, 4) is 0 Å². The van der Waals surface area contributed by atoms with Gasteiger partial charge in [0.2, 0.25) is 11.8 Å². The van der Waals surface area contributed by atoms with Crippen molar-refractivity contribution in [2.24, 2.45) is 5.92 Å². The van der Waals surface area contributed by atoms with E-state index in [9.17, 15) is 9.59 Å². The summed E-state index contributed by atoms with van der Waals surface area (Å²) in [7, 11) is 0. The second kappa shape index (κ2) is 5.20. The maximum atomic E-state index is 13.1. The highest BCUT2D eigenvalue weighted by atomic mass is 35.5. The summed E-state index contributed by atoms with van der Waals surface area (Å²) in [6, 6.07) is 7.14. The third-order valence-corrected chi connectivity index (χ3v) is 6.98. The van der Waals surface area contributed by atoms with E-state index in [-0.39, 0.29) is 29.7 Å². The van der Waals surface area contributed by atoms with Gasteiger partial charge in [0, 0.05) is 45.0 Å². The molecule has 3 aliphatic heterocycles. The number of thiophene rings is 1. The van der Waals surface area contributed by atoms with Crippen molar-refractivity contribution in [3.63, 3.8) is 0 Å². The Morgan fingerprint density at radius 3 is 2.76 bits per heavy atom. The van der Waals surface area contributed by atoms with Crippen molar-refractivity contribution in [1.82, 2.24) is 10.6 Å². The predicted octanol–water partition coefficient (Wildman–Crippen LogP) is 2.70. The zero-order valence-electron chi connectivity index (χ0n) is 12.8. The van der Waals surface area contributed by atoms with Crippen LogP contribution in [0, 0.1) is 5.92 Å². The monoisotopic (exact) mass is 393 g/mol. The van der Waals surface area contributed by atoms with E-state index in [0.717, 1.165) is 10.4 Å². The SMILES string of the molecule is O=C1NC[C@H]2N[C@@]3(C(=O)Nc4cc(Cl)ccc43)[C@H](c3cc(Cl)cs3)[C@@H]12. The molecule has 2 aromatic rings. The minimum atomic E-state index is -0.985. The average molecular weight is 394 g/mol. The molecule has 2 fully saturated rings. The molecule has 3 aliphatic rings. The number of anilines is 1. The Kier molecular flexibility index (Phi) is 3.26. The first-order chi connectivity index (χ1) is 12.0. The topological polar surface area (TPSA) is 70.2 Å². The van der Waals surface area contributed by atoms with E-state index in [0.29, 0.717) is 22.3 Å². The van der Waals surface area contributed by atoms with E-state index in [1.807, 2.05) is 17.5 Å². The summed E-state index contributed by atoms with van der Waals surface area (Å²) in [5.41, 5.74) is 0.540. The Morgan fingerprint density at radius 1 is 1.16 bits per heavy atom. The zero-order valence-corrected chi connectivity index (χ0v) is 15.1. The van der Waals surface area contributed by atoms with E-state index in [2.05, 4.69) is 16.0 Å². The molecular formula is C17H13Cl2N3O2S. The van der Waals surface area contributed by atoms with Gasteiger partial charge in [0.15, 0.2) is 0 Å². The van der Waals surface area contributed by atoms with Crippen LogP contribution in [-0.4, -0.2) is 24.4 Å². The van der Waals surface area contributed by atoms with E-state index in [1.165, 1.54) is 11.3 Å². The predicted molar refractivity (Wildman–Crippen MR) is 97.3 cm³/mol. The lowest BCUT2D eigenvalue weighted by atomic mass is 9.75. The van der Waals surface area contributed by atoms with Gasteiger partial charge in [-0.05, 0) is 18.2 Å². The Hall–Kier alpha value is -1.60. The first kappa shape index (κ1) is 15.6. The second-order valence-electron chi connectivity index (χ2n) is 6.62. The highest BCUT2D eigenvalue weighted by Crippen LogP contribution is 2.56. The van der Waals surface area contributed by atoms with Gasteiger partial charge >= 0.3 is 0 Å². The molecule has 1 aromatic carbocycles. The van der Waals surface area contributed by atoms with Crippen LogP contribution >= 0.6 is 34.5 Å². The molecular weight excluding hydrogens is 381 g/mol. The number of hydrogen-bond donors (Lipinski definition) is 3. The Balaban J connectivity index is 1.75. The van der Waals surface area contributed by atoms with E-state index < -0.39 is 5.54 Å². The molecule has 5 rings (SSSR count). The quantitative estimate of drug-likeness (QED) is 0.697. The molecule has 0 unspecified atom stereocenters. The van der Waals surface area contributed by atoms with Gasteiger partial charge in [-0.2, -0.15) is 0 Å². The standard InChI is InChI=1S/C17H13Cl2N3O2S/c18-7-1-2-9-10(3-7)21-16(24)17(9)14(12-4-8(19)6-25-12)13-11(22-17)5-20-15(13)23/h1-4,6,11,13-14,22H,5H2,(H,20,23)(H,21,24)/t11-,13+,14-,17-/m1/s1. The molecule has 5 nitrogen and oxygen atoms in total. The lowest BCUT2D eigenvalue weighted by molar-refractivity contribution is -0.124. The van der Waals surface area contributed by atoms with Gasteiger partial charge in [0.25, 0.3) is 0 Å². The average Bonchev–Trinajstić information content (AvgIpc) is 3.28. The first-order valence-corrected chi connectivity index (χ1v) is 9.55. The molecule has 128 valence electrons. The molecule has 0 radical (unpaired) electrons. The Labute approximate surface area is 157 Å². The number of rotatable bonds is 1. The van der Waals surface area contributed by atoms with Gasteiger partial charge < -0.3 is 10.6 Å². The van der Waals surface area contributed by atoms with Crippen molar-refractivity contribution < 1.29 is 9.59 Å². The molecule has 2 saturated heterocycles. The van der Waals surface area contributed by atoms with Crippen molar-refractivity contribution in [3.05, 3.63) is 50.1 Å². The van der Waals surface area contributed by atoms with Crippen molar-refractivity contribution >= 4 is 52.0 Å². The van der Waals surface area contributed by atoms with Crippen LogP contribution < -0.4 is 16.0 Å². The summed E-state index contributed by atoms with van der Waals surface area (Å²) < 4.78 is 0. The maximum Gasteiger partial charge on any atom is 0.250 e. The maximum absolute atomic E-state index is 13.1. The number of carbonyl (C=O) groups is 2. The third-order valence-electron chi connectivity index (χ3n) is 5.38. The number of carbonyl (C=O) groups excluding carboxylic acids is 2. The van der Waals surface area contributed by atoms with Gasteiger partial charge in [0.1, 0.15) is 5.54 Å². The van der Waals surface area contributed by atoms with Crippen LogP contribution in [0.5, 0.6) is 0 Å². The number of benzene rings is 1. The summed E-state index contributed by atoms with van der Waals surface area (Å²) in [4.78, 5) is 26.6. The summed E-state index contributed by atoms with van der Waals surface area (Å²) in [6.45, 7) is 0.511. The molecule has 8 heteroatoms. The third kappa shape index (κ3) is 1.99. The van der Waals surface area contributed by atoms with Crippen LogP contribution in [0.15, 0.2) is 29.6 Å². The van der Waals surface area contributed by atoms with Crippen molar-refractivity contribution in [2.75, 3.05) is 11.9 Å². The molecule has 0 bridgehead atoms. The second-order valence-corrected chi connectivity index (χ2v) is 8.43. The van der Waals surface area contributed by atoms with Crippen LogP contribution in [0.1, 0.15) is 16.4 Å². The molecule has 2 amide bonds. The lowest BCUT2D eigenvalue weighted by Crippen LogP contribution is -2.50. The normalized spacial score (nSPS) is 32.6. The van der Waals surface area contributed by atoms with Crippen LogP contribution in [0.2, 0.25) is 10.0 Å². The molecule has 1 aromatic heterocycles. The first-order valence-electron chi connectivity index (χ1n) is 7.91. The smallest absolute Gasteiger partial charge is 0.250 e. The molecule has 25 heavy (non-hydrogen) atoms. The highest BCUT2D eigenvalue weighted by molar-refractivity contribution is 7.10. The molecule has 1 spiro atoms. The van der Waals surface area contributed by atoms with E-state index in [1.54, 1.807) is 12.1 Å².